The van der Waals surface area contributed by atoms with Crippen molar-refractivity contribution in [2.75, 3.05) is 13.1 Å². The third kappa shape index (κ3) is 4.53. The molecule has 0 bridgehead atoms. The van der Waals surface area contributed by atoms with E-state index < -0.39 is 65.9 Å². The Morgan fingerprint density at radius 2 is 1.86 bits per heavy atom. The molecule has 1 unspecified atom stereocenters. The minimum absolute atomic E-state index is 0.316. The third-order valence-electron chi connectivity index (χ3n) is 3.75. The van der Waals surface area contributed by atoms with Crippen molar-refractivity contribution in [2.45, 2.75) is 18.6 Å². The summed E-state index contributed by atoms with van der Waals surface area (Å²) in [5.41, 5.74) is -2.51. The SMILES string of the molecule is CC1(c2cc(F)ccc2F)NC(=O)N(CC(=O)NC(=O)NCC(F)(F)F)C1=O. The number of nitrogens with zero attached hydrogens (tertiary/aromatic N) is 1. The van der Waals surface area contributed by atoms with Gasteiger partial charge in [0.1, 0.15) is 30.3 Å². The first kappa shape index (κ1) is 21.1. The van der Waals surface area contributed by atoms with Crippen LogP contribution in [-0.4, -0.2) is 48.0 Å². The molecule has 1 atom stereocenters. The van der Waals surface area contributed by atoms with Gasteiger partial charge in [0, 0.05) is 5.56 Å². The molecule has 8 nitrogen and oxygen atoms in total. The quantitative estimate of drug-likeness (QED) is 0.513. The van der Waals surface area contributed by atoms with Crippen LogP contribution in [0, 0.1) is 11.6 Å². The highest BCUT2D eigenvalue weighted by atomic mass is 19.4. The average molecular weight is 408 g/mol. The number of hydrogen-bond donors (Lipinski definition) is 3. The van der Waals surface area contributed by atoms with E-state index in [4.69, 9.17) is 0 Å². The van der Waals surface area contributed by atoms with E-state index in [1.165, 1.54) is 10.6 Å². The smallest absolute Gasteiger partial charge is 0.329 e. The number of halogens is 5. The summed E-state index contributed by atoms with van der Waals surface area (Å²) in [6.45, 7) is -1.65. The Morgan fingerprint density at radius 1 is 1.21 bits per heavy atom. The maximum absolute atomic E-state index is 14.0. The summed E-state index contributed by atoms with van der Waals surface area (Å²) in [5.74, 6) is -4.26. The molecule has 152 valence electrons. The average Bonchev–Trinajstić information content (AvgIpc) is 2.78. The normalized spacial score (nSPS) is 19.4. The highest BCUT2D eigenvalue weighted by Gasteiger charge is 2.51. The number of urea groups is 2. The van der Waals surface area contributed by atoms with E-state index in [1.807, 2.05) is 0 Å². The van der Waals surface area contributed by atoms with Crippen LogP contribution in [0.5, 0.6) is 0 Å². The lowest BCUT2D eigenvalue weighted by molar-refractivity contribution is -0.134. The van der Waals surface area contributed by atoms with Crippen LogP contribution in [0.1, 0.15) is 12.5 Å². The summed E-state index contributed by atoms with van der Waals surface area (Å²) in [6.07, 6.45) is -4.71. The first-order chi connectivity index (χ1) is 12.8. The van der Waals surface area contributed by atoms with Gasteiger partial charge in [0.05, 0.1) is 0 Å². The number of nitrogens with one attached hydrogen (secondary N) is 3. The molecule has 0 aliphatic carbocycles. The number of carbonyl (C=O) groups is 4. The Morgan fingerprint density at radius 3 is 2.46 bits per heavy atom. The fourth-order valence-electron chi connectivity index (χ4n) is 2.44. The predicted molar refractivity (Wildman–Crippen MR) is 81.6 cm³/mol. The summed E-state index contributed by atoms with van der Waals surface area (Å²) in [5, 5.41) is 5.00. The van der Waals surface area contributed by atoms with Crippen molar-refractivity contribution in [3.63, 3.8) is 0 Å². The zero-order valence-electron chi connectivity index (χ0n) is 14.1. The van der Waals surface area contributed by atoms with E-state index in [0.29, 0.717) is 11.0 Å². The van der Waals surface area contributed by atoms with Crippen molar-refractivity contribution < 1.29 is 41.1 Å². The monoisotopic (exact) mass is 408 g/mol. The Balaban J connectivity index is 2.08. The molecule has 6 amide bonds. The summed E-state index contributed by atoms with van der Waals surface area (Å²) < 4.78 is 63.4. The minimum Gasteiger partial charge on any atom is -0.329 e. The van der Waals surface area contributed by atoms with Gasteiger partial charge >= 0.3 is 18.2 Å². The molecular formula is C15H13F5N4O4. The van der Waals surface area contributed by atoms with E-state index in [-0.39, 0.29) is 0 Å². The number of hydrogen-bond acceptors (Lipinski definition) is 4. The number of rotatable bonds is 4. The van der Waals surface area contributed by atoms with Crippen LogP contribution in [0.25, 0.3) is 0 Å². The molecule has 0 spiro atoms. The Labute approximate surface area is 154 Å². The topological polar surface area (TPSA) is 108 Å². The van der Waals surface area contributed by atoms with Crippen molar-refractivity contribution in [1.82, 2.24) is 20.9 Å². The van der Waals surface area contributed by atoms with Crippen molar-refractivity contribution in [2.24, 2.45) is 0 Å². The van der Waals surface area contributed by atoms with E-state index in [1.54, 1.807) is 0 Å². The Bertz CT molecular complexity index is 844. The second kappa shape index (κ2) is 7.40. The van der Waals surface area contributed by atoms with Gasteiger partial charge in [0.15, 0.2) is 0 Å². The molecule has 0 radical (unpaired) electrons. The zero-order valence-corrected chi connectivity index (χ0v) is 14.1. The molecule has 1 heterocycles. The molecule has 1 aliphatic rings. The van der Waals surface area contributed by atoms with Gasteiger partial charge in [-0.05, 0) is 25.1 Å². The lowest BCUT2D eigenvalue weighted by atomic mass is 9.91. The molecule has 1 saturated heterocycles. The van der Waals surface area contributed by atoms with Crippen LogP contribution in [0.3, 0.4) is 0 Å². The van der Waals surface area contributed by atoms with Gasteiger partial charge in [-0.2, -0.15) is 13.2 Å². The number of carbonyl (C=O) groups excluding carboxylic acids is 4. The Hall–Kier alpha value is -3.25. The number of benzene rings is 1. The van der Waals surface area contributed by atoms with Crippen LogP contribution in [0.2, 0.25) is 0 Å². The molecule has 3 N–H and O–H groups in total. The van der Waals surface area contributed by atoms with Crippen LogP contribution in [0.15, 0.2) is 18.2 Å². The molecule has 1 aromatic rings. The van der Waals surface area contributed by atoms with E-state index in [9.17, 15) is 41.1 Å². The van der Waals surface area contributed by atoms with Gasteiger partial charge in [0.25, 0.3) is 5.91 Å². The lowest BCUT2D eigenvalue weighted by Crippen LogP contribution is -2.48. The molecule has 0 saturated carbocycles. The number of alkyl halides is 3. The summed E-state index contributed by atoms with van der Waals surface area (Å²) in [7, 11) is 0. The molecule has 1 fully saturated rings. The van der Waals surface area contributed by atoms with Crippen molar-refractivity contribution in [3.05, 3.63) is 35.4 Å². The highest BCUT2D eigenvalue weighted by molar-refractivity contribution is 6.10. The largest absolute Gasteiger partial charge is 0.405 e. The van der Waals surface area contributed by atoms with Gasteiger partial charge in [0.2, 0.25) is 5.91 Å². The first-order valence-electron chi connectivity index (χ1n) is 7.57. The maximum Gasteiger partial charge on any atom is 0.405 e. The van der Waals surface area contributed by atoms with E-state index in [0.717, 1.165) is 19.1 Å². The van der Waals surface area contributed by atoms with Crippen LogP contribution < -0.4 is 16.0 Å². The molecule has 1 aliphatic heterocycles. The van der Waals surface area contributed by atoms with Gasteiger partial charge in [-0.15, -0.1) is 0 Å². The van der Waals surface area contributed by atoms with Crippen LogP contribution >= 0.6 is 0 Å². The van der Waals surface area contributed by atoms with E-state index in [2.05, 4.69) is 5.32 Å². The van der Waals surface area contributed by atoms with Gasteiger partial charge in [-0.3, -0.25) is 19.8 Å². The number of amides is 6. The predicted octanol–water partition coefficient (Wildman–Crippen LogP) is 1.12. The fraction of sp³-hybridized carbons (Fsp3) is 0.333. The lowest BCUT2D eigenvalue weighted by Gasteiger charge is -2.22. The summed E-state index contributed by atoms with van der Waals surface area (Å²) >= 11 is 0. The molecule has 1 aromatic carbocycles. The van der Waals surface area contributed by atoms with Crippen LogP contribution in [0.4, 0.5) is 31.5 Å². The standard InChI is InChI=1S/C15H13F5N4O4/c1-14(8-4-7(16)2-3-9(8)17)11(26)24(13(28)23-14)5-10(25)22-12(27)21-6-15(18,19)20/h2-4H,5-6H2,1H3,(H,23,28)(H2,21,22,25,27). The maximum atomic E-state index is 14.0. The fourth-order valence-corrected chi connectivity index (χ4v) is 2.44. The van der Waals surface area contributed by atoms with Crippen molar-refractivity contribution >= 4 is 23.9 Å². The van der Waals surface area contributed by atoms with Gasteiger partial charge < -0.3 is 10.6 Å². The minimum atomic E-state index is -4.71. The summed E-state index contributed by atoms with van der Waals surface area (Å²) in [4.78, 5) is 47.8. The molecule has 13 heteroatoms. The molecular weight excluding hydrogens is 395 g/mol. The molecule has 2 rings (SSSR count). The first-order valence-corrected chi connectivity index (χ1v) is 7.57. The number of imide groups is 2. The second-order valence-electron chi connectivity index (χ2n) is 5.92. The molecule has 28 heavy (non-hydrogen) atoms. The van der Waals surface area contributed by atoms with E-state index >= 15 is 0 Å². The summed E-state index contributed by atoms with van der Waals surface area (Å²) in [6, 6.07) is -0.388. The third-order valence-corrected chi connectivity index (χ3v) is 3.75. The highest BCUT2D eigenvalue weighted by Crippen LogP contribution is 2.31. The van der Waals surface area contributed by atoms with Gasteiger partial charge in [-0.25, -0.2) is 18.4 Å². The van der Waals surface area contributed by atoms with Gasteiger partial charge in [-0.1, -0.05) is 0 Å². The Kier molecular flexibility index (Phi) is 5.57. The second-order valence-corrected chi connectivity index (χ2v) is 5.92. The van der Waals surface area contributed by atoms with Crippen LogP contribution in [-0.2, 0) is 15.1 Å². The molecule has 0 aromatic heterocycles. The van der Waals surface area contributed by atoms with Crippen molar-refractivity contribution in [3.8, 4) is 0 Å². The zero-order chi connectivity index (χ0) is 21.3. The van der Waals surface area contributed by atoms with Crippen molar-refractivity contribution in [1.29, 1.82) is 0 Å².